The minimum Gasteiger partial charge on any atom is -0.441 e. The molecule has 2 heterocycles. The molecule has 2 aromatic heterocycles. The number of aromatic nitrogens is 1. The third-order valence-electron chi connectivity index (χ3n) is 3.35. The lowest BCUT2D eigenvalue weighted by atomic mass is 10.1. The Kier molecular flexibility index (Phi) is 4.73. The van der Waals surface area contributed by atoms with E-state index < -0.39 is 0 Å². The van der Waals surface area contributed by atoms with Crippen LogP contribution in [0.25, 0.3) is 11.1 Å². The molecule has 1 N–H and O–H groups in total. The molecular weight excluding hydrogens is 348 g/mol. The lowest BCUT2D eigenvalue weighted by Crippen LogP contribution is -2.23. The summed E-state index contributed by atoms with van der Waals surface area (Å²) in [5.74, 6) is 0.784. The summed E-state index contributed by atoms with van der Waals surface area (Å²) < 4.78 is 7.00. The van der Waals surface area contributed by atoms with Gasteiger partial charge in [-0.3, -0.25) is 0 Å². The molecule has 0 aliphatic heterocycles. The van der Waals surface area contributed by atoms with Gasteiger partial charge in [-0.05, 0) is 58.0 Å². The fourth-order valence-corrected chi connectivity index (χ4v) is 3.54. The second kappa shape index (κ2) is 6.73. The quantitative estimate of drug-likeness (QED) is 0.673. The first-order valence-corrected chi connectivity index (χ1v) is 8.75. The van der Waals surface area contributed by atoms with Crippen molar-refractivity contribution in [3.8, 4) is 0 Å². The number of hydrogen-bond donors (Lipinski definition) is 1. The highest BCUT2D eigenvalue weighted by Gasteiger charge is 2.16. The molecule has 0 saturated heterocycles. The van der Waals surface area contributed by atoms with E-state index in [1.807, 2.05) is 24.3 Å². The molecule has 1 atom stereocenters. The van der Waals surface area contributed by atoms with Gasteiger partial charge in [0.25, 0.3) is 0 Å². The third kappa shape index (κ3) is 3.54. The predicted octanol–water partition coefficient (Wildman–Crippen LogP) is 4.94. The average molecular weight is 365 g/mol. The van der Waals surface area contributed by atoms with Crippen LogP contribution in [0.5, 0.6) is 0 Å². The molecule has 0 aliphatic carbocycles. The van der Waals surface area contributed by atoms with E-state index in [0.717, 1.165) is 40.2 Å². The summed E-state index contributed by atoms with van der Waals surface area (Å²) in [5, 5.41) is 5.76. The molecule has 0 amide bonds. The maximum absolute atomic E-state index is 5.85. The molecule has 1 aromatic carbocycles. The Morgan fingerprint density at radius 1 is 1.38 bits per heavy atom. The van der Waals surface area contributed by atoms with Crippen molar-refractivity contribution >= 4 is 38.4 Å². The van der Waals surface area contributed by atoms with Crippen molar-refractivity contribution in [2.75, 3.05) is 6.54 Å². The van der Waals surface area contributed by atoms with Crippen LogP contribution in [0.1, 0.15) is 30.8 Å². The summed E-state index contributed by atoms with van der Waals surface area (Å²) in [6, 6.07) is 10.3. The normalized spacial score (nSPS) is 12.9. The van der Waals surface area contributed by atoms with Crippen LogP contribution in [0.4, 0.5) is 0 Å². The van der Waals surface area contributed by atoms with Crippen LogP contribution in [-0.2, 0) is 6.42 Å². The minimum absolute atomic E-state index is 0.237. The number of fused-ring (bicyclic) bond motifs is 1. The first-order chi connectivity index (χ1) is 10.3. The summed E-state index contributed by atoms with van der Waals surface area (Å²) in [6.45, 7) is 3.16. The van der Waals surface area contributed by atoms with Crippen molar-refractivity contribution in [1.29, 1.82) is 0 Å². The molecule has 3 nitrogen and oxygen atoms in total. The maximum atomic E-state index is 5.85. The summed E-state index contributed by atoms with van der Waals surface area (Å²) in [5.41, 5.74) is 3.06. The van der Waals surface area contributed by atoms with Crippen LogP contribution < -0.4 is 5.32 Å². The Bertz CT molecular complexity index is 689. The SMILES string of the molecule is CCCNC(Cc1nc2ccccc2o1)c1csc(Br)c1. The van der Waals surface area contributed by atoms with E-state index in [4.69, 9.17) is 4.42 Å². The van der Waals surface area contributed by atoms with E-state index in [9.17, 15) is 0 Å². The Morgan fingerprint density at radius 2 is 2.24 bits per heavy atom. The average Bonchev–Trinajstić information content (AvgIpc) is 3.08. The van der Waals surface area contributed by atoms with Gasteiger partial charge in [0, 0.05) is 12.5 Å². The van der Waals surface area contributed by atoms with E-state index in [-0.39, 0.29) is 6.04 Å². The van der Waals surface area contributed by atoms with Gasteiger partial charge in [0.05, 0.1) is 3.79 Å². The summed E-state index contributed by atoms with van der Waals surface area (Å²) in [4.78, 5) is 4.58. The van der Waals surface area contributed by atoms with E-state index in [2.05, 4.69) is 44.6 Å². The third-order valence-corrected chi connectivity index (χ3v) is 4.87. The van der Waals surface area contributed by atoms with Gasteiger partial charge in [-0.2, -0.15) is 0 Å². The number of oxazole rings is 1. The first kappa shape index (κ1) is 14.8. The molecule has 110 valence electrons. The zero-order valence-electron chi connectivity index (χ0n) is 11.8. The number of nitrogens with one attached hydrogen (secondary N) is 1. The monoisotopic (exact) mass is 364 g/mol. The highest BCUT2D eigenvalue weighted by Crippen LogP contribution is 2.28. The minimum atomic E-state index is 0.237. The summed E-state index contributed by atoms with van der Waals surface area (Å²) in [6.07, 6.45) is 1.87. The molecule has 0 saturated carbocycles. The topological polar surface area (TPSA) is 38.1 Å². The molecule has 1 unspecified atom stereocenters. The second-order valence-electron chi connectivity index (χ2n) is 4.97. The Labute approximate surface area is 136 Å². The van der Waals surface area contributed by atoms with E-state index in [0.29, 0.717) is 0 Å². The standard InChI is InChI=1S/C16H17BrN2OS/c1-2-7-18-13(11-8-15(17)21-10-11)9-16-19-12-5-3-4-6-14(12)20-16/h3-6,8,10,13,18H,2,7,9H2,1H3. The zero-order chi connectivity index (χ0) is 14.7. The van der Waals surface area contributed by atoms with Gasteiger partial charge in [0.1, 0.15) is 5.52 Å². The van der Waals surface area contributed by atoms with Crippen molar-refractivity contribution in [3.05, 3.63) is 51.0 Å². The number of nitrogens with zero attached hydrogens (tertiary/aromatic N) is 1. The smallest absolute Gasteiger partial charge is 0.197 e. The van der Waals surface area contributed by atoms with E-state index in [1.54, 1.807) is 11.3 Å². The Morgan fingerprint density at radius 3 is 2.95 bits per heavy atom. The number of para-hydroxylation sites is 2. The van der Waals surface area contributed by atoms with Gasteiger partial charge >= 0.3 is 0 Å². The van der Waals surface area contributed by atoms with Gasteiger partial charge in [-0.25, -0.2) is 4.98 Å². The molecule has 21 heavy (non-hydrogen) atoms. The summed E-state index contributed by atoms with van der Waals surface area (Å²) >= 11 is 5.24. The van der Waals surface area contributed by atoms with Gasteiger partial charge in [0.2, 0.25) is 0 Å². The van der Waals surface area contributed by atoms with Crippen molar-refractivity contribution in [3.63, 3.8) is 0 Å². The molecule has 3 rings (SSSR count). The number of thiophene rings is 1. The van der Waals surface area contributed by atoms with Crippen molar-refractivity contribution in [1.82, 2.24) is 10.3 Å². The van der Waals surface area contributed by atoms with E-state index >= 15 is 0 Å². The lowest BCUT2D eigenvalue weighted by molar-refractivity contribution is 0.454. The predicted molar refractivity (Wildman–Crippen MR) is 90.8 cm³/mol. The van der Waals surface area contributed by atoms with Gasteiger partial charge in [-0.1, -0.05) is 19.1 Å². The molecule has 0 radical (unpaired) electrons. The molecule has 5 heteroatoms. The Balaban J connectivity index is 1.83. The number of halogens is 1. The first-order valence-electron chi connectivity index (χ1n) is 7.08. The van der Waals surface area contributed by atoms with Crippen molar-refractivity contribution in [2.24, 2.45) is 0 Å². The molecule has 0 aliphatic rings. The van der Waals surface area contributed by atoms with Crippen LogP contribution in [0.3, 0.4) is 0 Å². The van der Waals surface area contributed by atoms with Crippen molar-refractivity contribution in [2.45, 2.75) is 25.8 Å². The molecule has 3 aromatic rings. The van der Waals surface area contributed by atoms with Crippen molar-refractivity contribution < 1.29 is 4.42 Å². The number of benzene rings is 1. The molecule has 0 spiro atoms. The molecular formula is C16H17BrN2OS. The zero-order valence-corrected chi connectivity index (χ0v) is 14.2. The van der Waals surface area contributed by atoms with Crippen LogP contribution in [-0.4, -0.2) is 11.5 Å². The van der Waals surface area contributed by atoms with Crippen LogP contribution in [0.2, 0.25) is 0 Å². The molecule has 0 fully saturated rings. The second-order valence-corrected chi connectivity index (χ2v) is 7.26. The Hall–Kier alpha value is -1.17. The van der Waals surface area contributed by atoms with Gasteiger partial charge < -0.3 is 9.73 Å². The number of rotatable bonds is 6. The van der Waals surface area contributed by atoms with Crippen LogP contribution in [0.15, 0.2) is 43.9 Å². The van der Waals surface area contributed by atoms with Gasteiger partial charge in [-0.15, -0.1) is 11.3 Å². The summed E-state index contributed by atoms with van der Waals surface area (Å²) in [7, 11) is 0. The lowest BCUT2D eigenvalue weighted by Gasteiger charge is -2.15. The maximum Gasteiger partial charge on any atom is 0.197 e. The fraction of sp³-hybridized carbons (Fsp3) is 0.312. The molecule has 0 bridgehead atoms. The van der Waals surface area contributed by atoms with Crippen LogP contribution in [0, 0.1) is 0 Å². The number of hydrogen-bond acceptors (Lipinski definition) is 4. The fourth-order valence-electron chi connectivity index (χ4n) is 2.31. The van der Waals surface area contributed by atoms with Gasteiger partial charge in [0.15, 0.2) is 11.5 Å². The largest absolute Gasteiger partial charge is 0.441 e. The van der Waals surface area contributed by atoms with Crippen LogP contribution >= 0.6 is 27.3 Å². The highest BCUT2D eigenvalue weighted by molar-refractivity contribution is 9.11. The van der Waals surface area contributed by atoms with E-state index in [1.165, 1.54) is 5.56 Å². The highest BCUT2D eigenvalue weighted by atomic mass is 79.9.